The Balaban J connectivity index is 3.03. The summed E-state index contributed by atoms with van der Waals surface area (Å²) in [5.41, 5.74) is 0. The highest BCUT2D eigenvalue weighted by Gasteiger charge is 1.95. The zero-order chi connectivity index (χ0) is 8.69. The molecule has 0 atom stereocenters. The first-order chi connectivity index (χ1) is 5.13. The van der Waals surface area contributed by atoms with Gasteiger partial charge in [0.25, 0.3) is 0 Å². The lowest BCUT2D eigenvalue weighted by Crippen LogP contribution is -2.17. The molecule has 64 valence electrons. The van der Waals surface area contributed by atoms with Crippen LogP contribution < -0.4 is 5.32 Å². The van der Waals surface area contributed by atoms with E-state index in [4.69, 9.17) is 5.11 Å². The SMILES string of the molecule is O=C(O)CCCCNC(=S)S. The number of thiol groups is 1. The molecule has 0 unspecified atom stereocenters. The van der Waals surface area contributed by atoms with E-state index in [1.165, 1.54) is 0 Å². The number of carboxylic acids is 1. The highest BCUT2D eigenvalue weighted by molar-refractivity contribution is 8.11. The van der Waals surface area contributed by atoms with Crippen LogP contribution >= 0.6 is 24.8 Å². The van der Waals surface area contributed by atoms with E-state index in [-0.39, 0.29) is 6.42 Å². The molecule has 0 amide bonds. The maximum absolute atomic E-state index is 10.0. The standard InChI is InChI=1S/C6H11NO2S2/c8-5(9)3-1-2-4-7-6(10)11/h1-4H2,(H,8,9)(H2,7,10,11). The molecule has 0 aliphatic heterocycles. The number of aliphatic carboxylic acids is 1. The molecule has 0 aromatic rings. The predicted molar refractivity (Wildman–Crippen MR) is 51.1 cm³/mol. The average molecular weight is 193 g/mol. The Bertz CT molecular complexity index is 134. The summed E-state index contributed by atoms with van der Waals surface area (Å²) in [6.45, 7) is 0.704. The van der Waals surface area contributed by atoms with Crippen molar-refractivity contribution in [2.75, 3.05) is 6.54 Å². The Hall–Kier alpha value is -0.290. The summed E-state index contributed by atoms with van der Waals surface area (Å²) in [4.78, 5) is 10.0. The molecule has 11 heavy (non-hydrogen) atoms. The van der Waals surface area contributed by atoms with Crippen LogP contribution in [0.25, 0.3) is 0 Å². The van der Waals surface area contributed by atoms with E-state index in [0.717, 1.165) is 6.42 Å². The molecular weight excluding hydrogens is 182 g/mol. The lowest BCUT2D eigenvalue weighted by atomic mass is 10.2. The van der Waals surface area contributed by atoms with Gasteiger partial charge in [0.15, 0.2) is 0 Å². The van der Waals surface area contributed by atoms with Crippen LogP contribution in [0.4, 0.5) is 0 Å². The van der Waals surface area contributed by atoms with Crippen LogP contribution in [0.15, 0.2) is 0 Å². The van der Waals surface area contributed by atoms with Gasteiger partial charge in [-0.3, -0.25) is 4.79 Å². The fourth-order valence-corrected chi connectivity index (χ4v) is 0.810. The Morgan fingerprint density at radius 3 is 2.64 bits per heavy atom. The zero-order valence-corrected chi connectivity index (χ0v) is 7.75. The lowest BCUT2D eigenvalue weighted by molar-refractivity contribution is -0.137. The van der Waals surface area contributed by atoms with Gasteiger partial charge in [0.1, 0.15) is 4.32 Å². The minimum atomic E-state index is -0.751. The molecule has 0 aliphatic rings. The largest absolute Gasteiger partial charge is 0.481 e. The van der Waals surface area contributed by atoms with E-state index in [9.17, 15) is 4.79 Å². The number of hydrogen-bond acceptors (Lipinski definition) is 2. The zero-order valence-electron chi connectivity index (χ0n) is 6.04. The molecular formula is C6H11NO2S2. The molecule has 0 aromatic carbocycles. The maximum atomic E-state index is 10.0. The molecule has 0 saturated heterocycles. The van der Waals surface area contributed by atoms with Gasteiger partial charge in [-0.05, 0) is 12.8 Å². The van der Waals surface area contributed by atoms with Crippen LogP contribution in [0.3, 0.4) is 0 Å². The Kier molecular flexibility index (Phi) is 6.25. The van der Waals surface area contributed by atoms with Crippen molar-refractivity contribution in [1.29, 1.82) is 0 Å². The van der Waals surface area contributed by atoms with E-state index >= 15 is 0 Å². The first kappa shape index (κ1) is 10.7. The van der Waals surface area contributed by atoms with Crippen LogP contribution in [0.5, 0.6) is 0 Å². The van der Waals surface area contributed by atoms with Crippen molar-refractivity contribution in [3.8, 4) is 0 Å². The highest BCUT2D eigenvalue weighted by Crippen LogP contribution is 1.93. The van der Waals surface area contributed by atoms with Gasteiger partial charge in [-0.1, -0.05) is 12.2 Å². The fourth-order valence-electron chi connectivity index (χ4n) is 0.597. The smallest absolute Gasteiger partial charge is 0.303 e. The van der Waals surface area contributed by atoms with Crippen molar-refractivity contribution < 1.29 is 9.90 Å². The molecule has 5 heteroatoms. The van der Waals surface area contributed by atoms with Gasteiger partial charge in [-0.2, -0.15) is 0 Å². The first-order valence-electron chi connectivity index (χ1n) is 3.31. The summed E-state index contributed by atoms with van der Waals surface area (Å²) in [6.07, 6.45) is 1.72. The fraction of sp³-hybridized carbons (Fsp3) is 0.667. The van der Waals surface area contributed by atoms with Crippen LogP contribution in [-0.4, -0.2) is 21.9 Å². The van der Waals surface area contributed by atoms with Crippen molar-refractivity contribution in [3.63, 3.8) is 0 Å². The Morgan fingerprint density at radius 2 is 2.18 bits per heavy atom. The summed E-state index contributed by atoms with van der Waals surface area (Å²) >= 11 is 8.48. The molecule has 0 fully saturated rings. The van der Waals surface area contributed by atoms with Crippen LogP contribution in [0.2, 0.25) is 0 Å². The minimum Gasteiger partial charge on any atom is -0.481 e. The number of carboxylic acid groups (broad SMARTS) is 1. The minimum absolute atomic E-state index is 0.223. The van der Waals surface area contributed by atoms with Gasteiger partial charge >= 0.3 is 5.97 Å². The number of hydrogen-bond donors (Lipinski definition) is 3. The van der Waals surface area contributed by atoms with Gasteiger partial charge < -0.3 is 10.4 Å². The Labute approximate surface area is 76.6 Å². The monoisotopic (exact) mass is 193 g/mol. The summed E-state index contributed by atoms with van der Waals surface area (Å²) in [5, 5.41) is 11.1. The third-order valence-corrected chi connectivity index (χ3v) is 1.40. The third-order valence-electron chi connectivity index (χ3n) is 1.09. The number of carbonyl (C=O) groups is 1. The van der Waals surface area contributed by atoms with Gasteiger partial charge in [0, 0.05) is 13.0 Å². The van der Waals surface area contributed by atoms with Gasteiger partial charge in [0.05, 0.1) is 0 Å². The van der Waals surface area contributed by atoms with Crippen molar-refractivity contribution in [1.82, 2.24) is 5.32 Å². The number of thiocarbonyl (C=S) groups is 1. The molecule has 0 radical (unpaired) electrons. The van der Waals surface area contributed by atoms with E-state index < -0.39 is 5.97 Å². The van der Waals surface area contributed by atoms with Gasteiger partial charge in [0.2, 0.25) is 0 Å². The van der Waals surface area contributed by atoms with Gasteiger partial charge in [-0.25, -0.2) is 0 Å². The second kappa shape index (κ2) is 6.42. The third kappa shape index (κ3) is 9.71. The number of rotatable bonds is 5. The van der Waals surface area contributed by atoms with E-state index in [2.05, 4.69) is 30.2 Å². The molecule has 0 aliphatic carbocycles. The molecule has 0 bridgehead atoms. The highest BCUT2D eigenvalue weighted by atomic mass is 32.1. The predicted octanol–water partition coefficient (Wildman–Crippen LogP) is 1.05. The van der Waals surface area contributed by atoms with Crippen molar-refractivity contribution in [2.24, 2.45) is 0 Å². The molecule has 0 saturated carbocycles. The van der Waals surface area contributed by atoms with Crippen LogP contribution in [0, 0.1) is 0 Å². The van der Waals surface area contributed by atoms with Gasteiger partial charge in [-0.15, -0.1) is 12.6 Å². The number of unbranched alkanes of at least 4 members (excludes halogenated alkanes) is 1. The molecule has 0 heterocycles. The molecule has 0 spiro atoms. The Morgan fingerprint density at radius 1 is 1.55 bits per heavy atom. The van der Waals surface area contributed by atoms with Crippen LogP contribution in [-0.2, 0) is 4.79 Å². The summed E-state index contributed by atoms with van der Waals surface area (Å²) in [6, 6.07) is 0. The molecule has 2 N–H and O–H groups in total. The quantitative estimate of drug-likeness (QED) is 0.347. The maximum Gasteiger partial charge on any atom is 0.303 e. The topological polar surface area (TPSA) is 49.3 Å². The van der Waals surface area contributed by atoms with Crippen molar-refractivity contribution >= 4 is 35.1 Å². The van der Waals surface area contributed by atoms with Crippen molar-refractivity contribution in [3.05, 3.63) is 0 Å². The summed E-state index contributed by atoms with van der Waals surface area (Å²) < 4.78 is 0.459. The lowest BCUT2D eigenvalue weighted by Gasteiger charge is -2.00. The molecule has 3 nitrogen and oxygen atoms in total. The summed E-state index contributed by atoms with van der Waals surface area (Å²) in [5.74, 6) is -0.751. The van der Waals surface area contributed by atoms with Crippen molar-refractivity contribution in [2.45, 2.75) is 19.3 Å². The summed E-state index contributed by atoms with van der Waals surface area (Å²) in [7, 11) is 0. The number of nitrogens with one attached hydrogen (secondary N) is 1. The van der Waals surface area contributed by atoms with E-state index in [0.29, 0.717) is 17.3 Å². The second-order valence-corrected chi connectivity index (χ2v) is 3.24. The van der Waals surface area contributed by atoms with Crippen LogP contribution in [0.1, 0.15) is 19.3 Å². The molecule has 0 rings (SSSR count). The molecule has 0 aromatic heterocycles. The van der Waals surface area contributed by atoms with E-state index in [1.54, 1.807) is 0 Å². The second-order valence-electron chi connectivity index (χ2n) is 2.08. The average Bonchev–Trinajstić information content (AvgIpc) is 1.85. The van der Waals surface area contributed by atoms with E-state index in [1.807, 2.05) is 0 Å². The normalized spacial score (nSPS) is 9.18. The first-order valence-corrected chi connectivity index (χ1v) is 4.17.